The van der Waals surface area contributed by atoms with Crippen molar-refractivity contribution in [3.63, 3.8) is 0 Å². The number of rotatable bonds is 5. The molecule has 1 unspecified atom stereocenters. The van der Waals surface area contributed by atoms with Gasteiger partial charge >= 0.3 is 0 Å². The van der Waals surface area contributed by atoms with Crippen LogP contribution in [0.1, 0.15) is 26.7 Å². The molecule has 3 heteroatoms. The molecule has 0 saturated heterocycles. The lowest BCUT2D eigenvalue weighted by atomic mass is 10.2. The molecule has 1 atom stereocenters. The summed E-state index contributed by atoms with van der Waals surface area (Å²) in [6.07, 6.45) is 0.494. The Balaban J connectivity index is 3.40. The zero-order chi connectivity index (χ0) is 9.56. The molecular formula is C9H17NO2. The molecule has 0 bridgehead atoms. The van der Waals surface area contributed by atoms with Crippen LogP contribution in [0.2, 0.25) is 0 Å². The van der Waals surface area contributed by atoms with Gasteiger partial charge < -0.3 is 10.4 Å². The smallest absolute Gasteiger partial charge is 0.220 e. The molecular weight excluding hydrogens is 154 g/mol. The Morgan fingerprint density at radius 3 is 2.67 bits per heavy atom. The summed E-state index contributed by atoms with van der Waals surface area (Å²) in [5, 5.41) is 11.6. The number of nitrogens with one attached hydrogen (secondary N) is 1. The molecule has 12 heavy (non-hydrogen) atoms. The van der Waals surface area contributed by atoms with Crippen LogP contribution in [0.3, 0.4) is 0 Å². The van der Waals surface area contributed by atoms with Crippen LogP contribution in [0.4, 0.5) is 0 Å². The van der Waals surface area contributed by atoms with Crippen molar-refractivity contribution < 1.29 is 9.90 Å². The number of aliphatic hydroxyl groups is 1. The van der Waals surface area contributed by atoms with Crippen LogP contribution >= 0.6 is 0 Å². The second-order valence-corrected chi connectivity index (χ2v) is 3.12. The fraction of sp³-hybridized carbons (Fsp3) is 0.667. The summed E-state index contributed by atoms with van der Waals surface area (Å²) in [6, 6.07) is 0. The molecule has 0 spiro atoms. The summed E-state index contributed by atoms with van der Waals surface area (Å²) in [5.41, 5.74) is 0.931. The molecule has 3 nitrogen and oxygen atoms in total. The van der Waals surface area contributed by atoms with Crippen molar-refractivity contribution in [2.75, 3.05) is 6.54 Å². The zero-order valence-corrected chi connectivity index (χ0v) is 7.76. The average Bonchev–Trinajstić information content (AvgIpc) is 1.96. The minimum Gasteiger partial charge on any atom is -0.393 e. The number of amides is 1. The minimum absolute atomic E-state index is 0.0288. The van der Waals surface area contributed by atoms with E-state index >= 15 is 0 Å². The normalized spacial score (nSPS) is 12.2. The first kappa shape index (κ1) is 11.2. The molecule has 2 N–H and O–H groups in total. The maximum atomic E-state index is 11.0. The Bertz CT molecular complexity index is 164. The van der Waals surface area contributed by atoms with Crippen LogP contribution in [-0.4, -0.2) is 23.7 Å². The maximum Gasteiger partial charge on any atom is 0.220 e. The first-order valence-electron chi connectivity index (χ1n) is 4.11. The lowest BCUT2D eigenvalue weighted by Crippen LogP contribution is -2.25. The van der Waals surface area contributed by atoms with E-state index in [-0.39, 0.29) is 5.91 Å². The lowest BCUT2D eigenvalue weighted by Gasteiger charge is -2.05. The lowest BCUT2D eigenvalue weighted by molar-refractivity contribution is -0.121. The fourth-order valence-electron chi connectivity index (χ4n) is 0.678. The summed E-state index contributed by atoms with van der Waals surface area (Å²) in [7, 11) is 0. The Hall–Kier alpha value is -0.830. The maximum absolute atomic E-state index is 11.0. The van der Waals surface area contributed by atoms with Gasteiger partial charge in [0, 0.05) is 13.0 Å². The molecule has 0 aliphatic carbocycles. The van der Waals surface area contributed by atoms with Gasteiger partial charge in [-0.15, -0.1) is 0 Å². The van der Waals surface area contributed by atoms with Crippen LogP contribution in [0.15, 0.2) is 12.2 Å². The van der Waals surface area contributed by atoms with E-state index in [0.29, 0.717) is 19.4 Å². The summed E-state index contributed by atoms with van der Waals surface area (Å²) < 4.78 is 0. The summed E-state index contributed by atoms with van der Waals surface area (Å²) in [6.45, 7) is 7.71. The van der Waals surface area contributed by atoms with E-state index in [2.05, 4.69) is 11.9 Å². The number of hydrogen-bond acceptors (Lipinski definition) is 2. The second kappa shape index (κ2) is 5.77. The Morgan fingerprint density at radius 1 is 1.67 bits per heavy atom. The van der Waals surface area contributed by atoms with E-state index in [0.717, 1.165) is 5.57 Å². The van der Waals surface area contributed by atoms with Gasteiger partial charge in [-0.25, -0.2) is 0 Å². The van der Waals surface area contributed by atoms with Gasteiger partial charge in [0.2, 0.25) is 5.91 Å². The fourth-order valence-corrected chi connectivity index (χ4v) is 0.678. The van der Waals surface area contributed by atoms with Crippen molar-refractivity contribution in [3.05, 3.63) is 12.2 Å². The van der Waals surface area contributed by atoms with Crippen molar-refractivity contribution in [1.82, 2.24) is 5.32 Å². The molecule has 0 aromatic rings. The largest absolute Gasteiger partial charge is 0.393 e. The molecule has 70 valence electrons. The summed E-state index contributed by atoms with van der Waals surface area (Å²) >= 11 is 0. The molecule has 0 saturated carbocycles. The van der Waals surface area contributed by atoms with Crippen LogP contribution in [0.5, 0.6) is 0 Å². The average molecular weight is 171 g/mol. The van der Waals surface area contributed by atoms with Crippen molar-refractivity contribution in [1.29, 1.82) is 0 Å². The third-order valence-corrected chi connectivity index (χ3v) is 1.38. The molecule has 0 heterocycles. The van der Waals surface area contributed by atoms with Gasteiger partial charge in [0.25, 0.3) is 0 Å². The molecule has 0 aliphatic rings. The predicted molar refractivity (Wildman–Crippen MR) is 48.7 cm³/mol. The number of carbonyl (C=O) groups is 1. The van der Waals surface area contributed by atoms with E-state index < -0.39 is 6.10 Å². The zero-order valence-electron chi connectivity index (χ0n) is 7.76. The van der Waals surface area contributed by atoms with Gasteiger partial charge in [0.1, 0.15) is 0 Å². The molecule has 0 rings (SSSR count). The standard InChI is InChI=1S/C9H17NO2/c1-7(2)6-10-9(12)5-4-8(3)11/h8,11H,1,4-6H2,2-3H3,(H,10,12). The molecule has 0 aromatic carbocycles. The number of aliphatic hydroxyl groups excluding tert-OH is 1. The molecule has 1 amide bonds. The molecule has 0 fully saturated rings. The van der Waals surface area contributed by atoms with Crippen LogP contribution in [0, 0.1) is 0 Å². The van der Waals surface area contributed by atoms with E-state index in [1.807, 2.05) is 6.92 Å². The van der Waals surface area contributed by atoms with Crippen LogP contribution in [0.25, 0.3) is 0 Å². The van der Waals surface area contributed by atoms with E-state index in [1.165, 1.54) is 0 Å². The van der Waals surface area contributed by atoms with Crippen LogP contribution < -0.4 is 5.32 Å². The second-order valence-electron chi connectivity index (χ2n) is 3.12. The molecule has 0 aromatic heterocycles. The van der Waals surface area contributed by atoms with Crippen molar-refractivity contribution in [3.8, 4) is 0 Å². The topological polar surface area (TPSA) is 49.3 Å². The number of hydrogen-bond donors (Lipinski definition) is 2. The minimum atomic E-state index is -0.402. The van der Waals surface area contributed by atoms with Gasteiger partial charge in [-0.05, 0) is 20.3 Å². The van der Waals surface area contributed by atoms with Gasteiger partial charge in [-0.1, -0.05) is 12.2 Å². The Kier molecular flexibility index (Phi) is 5.37. The molecule has 0 radical (unpaired) electrons. The van der Waals surface area contributed by atoms with Crippen molar-refractivity contribution >= 4 is 5.91 Å². The highest BCUT2D eigenvalue weighted by Crippen LogP contribution is 1.95. The quantitative estimate of drug-likeness (QED) is 0.602. The van der Waals surface area contributed by atoms with Crippen LogP contribution in [-0.2, 0) is 4.79 Å². The molecule has 0 aliphatic heterocycles. The van der Waals surface area contributed by atoms with Gasteiger partial charge in [0.05, 0.1) is 6.10 Å². The van der Waals surface area contributed by atoms with Crippen molar-refractivity contribution in [2.24, 2.45) is 0 Å². The van der Waals surface area contributed by atoms with E-state index in [1.54, 1.807) is 6.92 Å². The highest BCUT2D eigenvalue weighted by molar-refractivity contribution is 5.76. The third kappa shape index (κ3) is 7.28. The van der Waals surface area contributed by atoms with E-state index in [9.17, 15) is 4.79 Å². The van der Waals surface area contributed by atoms with E-state index in [4.69, 9.17) is 5.11 Å². The SMILES string of the molecule is C=C(C)CNC(=O)CCC(C)O. The first-order valence-corrected chi connectivity index (χ1v) is 4.11. The van der Waals surface area contributed by atoms with Gasteiger partial charge in [-0.2, -0.15) is 0 Å². The predicted octanol–water partition coefficient (Wildman–Crippen LogP) is 0.840. The third-order valence-electron chi connectivity index (χ3n) is 1.38. The first-order chi connectivity index (χ1) is 5.52. The Morgan fingerprint density at radius 2 is 2.25 bits per heavy atom. The highest BCUT2D eigenvalue weighted by atomic mass is 16.3. The Labute approximate surface area is 73.5 Å². The van der Waals surface area contributed by atoms with Crippen molar-refractivity contribution in [2.45, 2.75) is 32.8 Å². The number of carbonyl (C=O) groups excluding carboxylic acids is 1. The van der Waals surface area contributed by atoms with Gasteiger partial charge in [0.15, 0.2) is 0 Å². The summed E-state index contributed by atoms with van der Waals surface area (Å²) in [4.78, 5) is 11.0. The summed E-state index contributed by atoms with van der Waals surface area (Å²) in [5.74, 6) is -0.0288. The monoisotopic (exact) mass is 171 g/mol. The van der Waals surface area contributed by atoms with Gasteiger partial charge in [-0.3, -0.25) is 4.79 Å². The highest BCUT2D eigenvalue weighted by Gasteiger charge is 2.02.